The van der Waals surface area contributed by atoms with Crippen molar-refractivity contribution in [1.29, 1.82) is 0 Å². The number of hydrogen-bond acceptors (Lipinski definition) is 7. The zero-order valence-electron chi connectivity index (χ0n) is 21.3. The van der Waals surface area contributed by atoms with Gasteiger partial charge in [0.2, 0.25) is 0 Å². The average molecular weight is 772 g/mol. The molecule has 0 N–H and O–H groups in total. The molecule has 38 heavy (non-hydrogen) atoms. The monoisotopic (exact) mass is 772 g/mol. The van der Waals surface area contributed by atoms with Crippen LogP contribution in [0.2, 0.25) is 0 Å². The Bertz CT molecular complexity index is 1580. The van der Waals surface area contributed by atoms with E-state index in [0.29, 0.717) is 27.2 Å². The number of carbonyl (C=O) groups is 1. The first-order valence-corrected chi connectivity index (χ1v) is 15.9. The molecule has 0 spiro atoms. The van der Waals surface area contributed by atoms with Crippen LogP contribution in [0.4, 0.5) is 0 Å². The summed E-state index contributed by atoms with van der Waals surface area (Å²) in [6.07, 6.45) is 5.29. The Hall–Kier alpha value is -1.90. The van der Waals surface area contributed by atoms with Crippen molar-refractivity contribution in [2.45, 2.75) is 37.8 Å². The number of allylic oxidation sites excluding steroid dienone is 1. The van der Waals surface area contributed by atoms with Crippen LogP contribution < -0.4 is 19.6 Å². The van der Waals surface area contributed by atoms with Gasteiger partial charge in [-0.15, -0.1) is 11.8 Å². The number of thioether (sulfide) groups is 1. The minimum absolute atomic E-state index is 0.202. The second kappa shape index (κ2) is 12.5. The lowest BCUT2D eigenvalue weighted by molar-refractivity contribution is -0.143. The smallest absolute Gasteiger partial charge is 0.338 e. The Morgan fingerprint density at radius 2 is 1.89 bits per heavy atom. The van der Waals surface area contributed by atoms with Gasteiger partial charge in [0.1, 0.15) is 12.4 Å². The molecule has 0 saturated carbocycles. The summed E-state index contributed by atoms with van der Waals surface area (Å²) in [7, 11) is 0. The Kier molecular flexibility index (Phi) is 9.58. The van der Waals surface area contributed by atoms with Gasteiger partial charge < -0.3 is 9.47 Å². The first-order valence-electron chi connectivity index (χ1n) is 11.7. The van der Waals surface area contributed by atoms with Gasteiger partial charge in [0.05, 0.1) is 35.1 Å². The molecule has 1 aliphatic heterocycles. The standard InChI is InChI=1S/C28H26I2N2O4S2/c1-6-11-35-25-20(29)12-17(13-21(25)30)14-22-26(33)32-24(18-7-9-19(37-5)10-8-18)23(27(34)36-15(2)3)16(4)31-28(32)38-22/h6-10,12-15,24H,1,11H2,2-5H3/b22-14-/t24-/m0/s1. The highest BCUT2D eigenvalue weighted by atomic mass is 127. The lowest BCUT2D eigenvalue weighted by Crippen LogP contribution is -2.40. The van der Waals surface area contributed by atoms with E-state index < -0.39 is 12.0 Å². The zero-order valence-corrected chi connectivity index (χ0v) is 27.2. The highest BCUT2D eigenvalue weighted by Crippen LogP contribution is 2.32. The third-order valence-corrected chi connectivity index (χ3v) is 9.01. The van der Waals surface area contributed by atoms with E-state index in [4.69, 9.17) is 9.47 Å². The van der Waals surface area contributed by atoms with E-state index >= 15 is 0 Å². The third kappa shape index (κ3) is 6.13. The van der Waals surface area contributed by atoms with Crippen molar-refractivity contribution in [3.8, 4) is 5.75 Å². The molecular weight excluding hydrogens is 746 g/mol. The fourth-order valence-corrected chi connectivity index (χ4v) is 7.64. The lowest BCUT2D eigenvalue weighted by Gasteiger charge is -2.25. The second-order valence-corrected chi connectivity index (χ2v) is 12.9. The average Bonchev–Trinajstić information content (AvgIpc) is 3.16. The van der Waals surface area contributed by atoms with Gasteiger partial charge in [0.15, 0.2) is 4.80 Å². The minimum atomic E-state index is -0.634. The van der Waals surface area contributed by atoms with Crippen molar-refractivity contribution in [3.05, 3.63) is 98.3 Å². The maximum Gasteiger partial charge on any atom is 0.338 e. The van der Waals surface area contributed by atoms with Crippen LogP contribution >= 0.6 is 68.3 Å². The number of benzene rings is 2. The van der Waals surface area contributed by atoms with E-state index in [-0.39, 0.29) is 11.7 Å². The molecule has 0 saturated heterocycles. The van der Waals surface area contributed by atoms with Gasteiger partial charge >= 0.3 is 5.97 Å². The molecule has 3 aromatic rings. The van der Waals surface area contributed by atoms with E-state index in [1.54, 1.807) is 29.3 Å². The van der Waals surface area contributed by atoms with Gasteiger partial charge in [-0.3, -0.25) is 9.36 Å². The molecule has 0 bridgehead atoms. The zero-order chi connectivity index (χ0) is 27.6. The summed E-state index contributed by atoms with van der Waals surface area (Å²) in [4.78, 5) is 33.4. The van der Waals surface area contributed by atoms with Crippen molar-refractivity contribution >= 4 is 80.3 Å². The highest BCUT2D eigenvalue weighted by molar-refractivity contribution is 14.1. The molecule has 1 aromatic heterocycles. The molecule has 198 valence electrons. The summed E-state index contributed by atoms with van der Waals surface area (Å²) in [5.74, 6) is 0.330. The summed E-state index contributed by atoms with van der Waals surface area (Å²) in [6.45, 7) is 9.54. The van der Waals surface area contributed by atoms with Crippen molar-refractivity contribution in [1.82, 2.24) is 4.57 Å². The summed E-state index contributed by atoms with van der Waals surface area (Å²) in [5.41, 5.74) is 2.43. The molecule has 0 amide bonds. The van der Waals surface area contributed by atoms with Crippen molar-refractivity contribution in [2.75, 3.05) is 12.9 Å². The quantitative estimate of drug-likeness (QED) is 0.128. The molecule has 0 radical (unpaired) electrons. The van der Waals surface area contributed by atoms with Gasteiger partial charge in [-0.2, -0.15) is 0 Å². The summed E-state index contributed by atoms with van der Waals surface area (Å²) in [6, 6.07) is 11.2. The number of nitrogens with zero attached hydrogens (tertiary/aromatic N) is 2. The molecule has 0 aliphatic carbocycles. The van der Waals surface area contributed by atoms with Crippen molar-refractivity contribution in [2.24, 2.45) is 4.99 Å². The van der Waals surface area contributed by atoms with Crippen molar-refractivity contribution in [3.63, 3.8) is 0 Å². The van der Waals surface area contributed by atoms with Crippen LogP contribution in [0.25, 0.3) is 6.08 Å². The molecular formula is C28H26I2N2O4S2. The van der Waals surface area contributed by atoms with Gasteiger partial charge in [0, 0.05) is 4.90 Å². The predicted molar refractivity (Wildman–Crippen MR) is 171 cm³/mol. The number of fused-ring (bicyclic) bond motifs is 1. The SMILES string of the molecule is C=CCOc1c(I)cc(/C=c2\sc3n(c2=O)[C@@H](c2ccc(SC)cc2)C(C(=O)OC(C)C)=C(C)N=3)cc1I. The van der Waals surface area contributed by atoms with Crippen LogP contribution in [0, 0.1) is 7.14 Å². The topological polar surface area (TPSA) is 69.9 Å². The highest BCUT2D eigenvalue weighted by Gasteiger charge is 2.33. The van der Waals surface area contributed by atoms with Gasteiger partial charge in [-0.1, -0.05) is 36.1 Å². The van der Waals surface area contributed by atoms with E-state index in [1.165, 1.54) is 11.3 Å². The maximum absolute atomic E-state index is 13.9. The number of halogens is 2. The second-order valence-electron chi connectivity index (χ2n) is 8.72. The third-order valence-electron chi connectivity index (χ3n) is 5.68. The molecule has 1 atom stereocenters. The normalized spacial score (nSPS) is 15.3. The Morgan fingerprint density at radius 1 is 1.24 bits per heavy atom. The van der Waals surface area contributed by atoms with Gasteiger partial charge in [0.25, 0.3) is 5.56 Å². The predicted octanol–water partition coefficient (Wildman–Crippen LogP) is 5.68. The molecule has 0 unspecified atom stereocenters. The van der Waals surface area contributed by atoms with E-state index in [2.05, 4.69) is 56.8 Å². The van der Waals surface area contributed by atoms with Gasteiger partial charge in [-0.05, 0) is 114 Å². The van der Waals surface area contributed by atoms with E-state index in [1.807, 2.05) is 62.6 Å². The Labute approximate surface area is 256 Å². The first kappa shape index (κ1) is 29.1. The molecule has 2 aromatic carbocycles. The summed E-state index contributed by atoms with van der Waals surface area (Å²) >= 11 is 7.42. The molecule has 4 rings (SSSR count). The van der Waals surface area contributed by atoms with Crippen LogP contribution in [-0.4, -0.2) is 29.5 Å². The number of esters is 1. The number of aromatic nitrogens is 1. The Balaban J connectivity index is 1.88. The number of ether oxygens (including phenoxy) is 2. The number of hydrogen-bond donors (Lipinski definition) is 0. The van der Waals surface area contributed by atoms with E-state index in [0.717, 1.165) is 28.9 Å². The minimum Gasteiger partial charge on any atom is -0.487 e. The number of rotatable bonds is 8. The largest absolute Gasteiger partial charge is 0.487 e. The summed E-state index contributed by atoms with van der Waals surface area (Å²) < 4.78 is 15.4. The lowest BCUT2D eigenvalue weighted by atomic mass is 9.96. The number of carbonyl (C=O) groups excluding carboxylic acids is 1. The molecule has 2 heterocycles. The first-order chi connectivity index (χ1) is 18.1. The molecule has 1 aliphatic rings. The van der Waals surface area contributed by atoms with Crippen LogP contribution in [0.3, 0.4) is 0 Å². The van der Waals surface area contributed by atoms with Gasteiger partial charge in [-0.25, -0.2) is 9.79 Å². The fourth-order valence-electron chi connectivity index (χ4n) is 4.06. The van der Waals surface area contributed by atoms with Crippen LogP contribution in [0.1, 0.15) is 37.9 Å². The van der Waals surface area contributed by atoms with Crippen molar-refractivity contribution < 1.29 is 14.3 Å². The van der Waals surface area contributed by atoms with Crippen LogP contribution in [0.5, 0.6) is 5.75 Å². The molecule has 10 heteroatoms. The van der Waals surface area contributed by atoms with E-state index in [9.17, 15) is 9.59 Å². The molecule has 0 fully saturated rings. The van der Waals surface area contributed by atoms with Crippen LogP contribution in [0.15, 0.2) is 75.0 Å². The fraction of sp³-hybridized carbons (Fsp3) is 0.250. The molecule has 6 nitrogen and oxygen atoms in total. The Morgan fingerprint density at radius 3 is 2.47 bits per heavy atom. The summed E-state index contributed by atoms with van der Waals surface area (Å²) in [5, 5.41) is 0. The van der Waals surface area contributed by atoms with Crippen LogP contribution in [-0.2, 0) is 9.53 Å². The number of thiazole rings is 1. The maximum atomic E-state index is 13.9.